The highest BCUT2D eigenvalue weighted by molar-refractivity contribution is 5.85. The number of carboxylic acid groups (broad SMARTS) is 1. The second-order valence-electron chi connectivity index (χ2n) is 4.25. The van der Waals surface area contributed by atoms with Crippen molar-refractivity contribution in [3.63, 3.8) is 0 Å². The Kier molecular flexibility index (Phi) is 5.45. The first-order valence-corrected chi connectivity index (χ1v) is 5.78. The molecule has 0 aliphatic carbocycles. The summed E-state index contributed by atoms with van der Waals surface area (Å²) >= 11 is 0. The minimum absolute atomic E-state index is 0. The van der Waals surface area contributed by atoms with Gasteiger partial charge in [0.25, 0.3) is 0 Å². The van der Waals surface area contributed by atoms with E-state index in [9.17, 15) is 4.79 Å². The molecule has 17 heavy (non-hydrogen) atoms. The van der Waals surface area contributed by atoms with Crippen LogP contribution in [0.25, 0.3) is 0 Å². The van der Waals surface area contributed by atoms with Crippen molar-refractivity contribution >= 4 is 18.4 Å². The van der Waals surface area contributed by atoms with Crippen LogP contribution < -0.4 is 0 Å². The van der Waals surface area contributed by atoms with Crippen LogP contribution in [-0.4, -0.2) is 29.1 Å². The Bertz CT molecular complexity index is 356. The zero-order valence-corrected chi connectivity index (χ0v) is 10.5. The van der Waals surface area contributed by atoms with E-state index in [0.717, 1.165) is 13.0 Å². The van der Waals surface area contributed by atoms with Gasteiger partial charge in [0, 0.05) is 12.6 Å². The van der Waals surface area contributed by atoms with E-state index in [2.05, 4.69) is 17.0 Å². The van der Waals surface area contributed by atoms with Crippen LogP contribution in [0.1, 0.15) is 30.9 Å². The maximum Gasteiger partial charge on any atom is 0.304 e. The Morgan fingerprint density at radius 1 is 1.35 bits per heavy atom. The maximum absolute atomic E-state index is 10.6. The van der Waals surface area contributed by atoms with E-state index >= 15 is 0 Å². The molecule has 2 rings (SSSR count). The van der Waals surface area contributed by atoms with Gasteiger partial charge in [-0.15, -0.1) is 12.4 Å². The van der Waals surface area contributed by atoms with Gasteiger partial charge in [-0.3, -0.25) is 9.69 Å². The van der Waals surface area contributed by atoms with Crippen molar-refractivity contribution in [1.29, 1.82) is 0 Å². The van der Waals surface area contributed by atoms with Crippen molar-refractivity contribution in [2.75, 3.05) is 13.1 Å². The van der Waals surface area contributed by atoms with E-state index in [-0.39, 0.29) is 18.8 Å². The van der Waals surface area contributed by atoms with Gasteiger partial charge in [-0.25, -0.2) is 0 Å². The molecular formula is C13H18ClNO2. The Balaban J connectivity index is 0.00000144. The summed E-state index contributed by atoms with van der Waals surface area (Å²) in [5.74, 6) is -0.710. The lowest BCUT2D eigenvalue weighted by Gasteiger charge is -2.23. The van der Waals surface area contributed by atoms with E-state index in [1.807, 2.05) is 18.2 Å². The quantitative estimate of drug-likeness (QED) is 0.899. The van der Waals surface area contributed by atoms with Gasteiger partial charge < -0.3 is 5.11 Å². The zero-order chi connectivity index (χ0) is 11.4. The molecule has 0 radical (unpaired) electrons. The highest BCUT2D eigenvalue weighted by Gasteiger charge is 2.25. The number of hydrogen-bond donors (Lipinski definition) is 1. The number of carbonyl (C=O) groups is 1. The third kappa shape index (κ3) is 3.72. The number of rotatable bonds is 4. The predicted octanol–water partition coefficient (Wildman–Crippen LogP) is 2.72. The van der Waals surface area contributed by atoms with Gasteiger partial charge >= 0.3 is 5.97 Å². The van der Waals surface area contributed by atoms with Gasteiger partial charge in [0.2, 0.25) is 0 Å². The first-order valence-electron chi connectivity index (χ1n) is 5.78. The van der Waals surface area contributed by atoms with Gasteiger partial charge in [-0.2, -0.15) is 0 Å². The minimum atomic E-state index is -0.710. The molecule has 1 aliphatic rings. The number of hydrogen-bond acceptors (Lipinski definition) is 2. The lowest BCUT2D eigenvalue weighted by atomic mass is 10.0. The van der Waals surface area contributed by atoms with Crippen LogP contribution in [0.5, 0.6) is 0 Å². The molecule has 0 spiro atoms. The molecule has 94 valence electrons. The molecule has 0 aromatic heterocycles. The average molecular weight is 256 g/mol. The molecule has 1 aromatic rings. The summed E-state index contributed by atoms with van der Waals surface area (Å²) in [7, 11) is 0. The maximum atomic E-state index is 10.6. The summed E-state index contributed by atoms with van der Waals surface area (Å²) in [5, 5.41) is 8.70. The third-order valence-electron chi connectivity index (χ3n) is 3.16. The van der Waals surface area contributed by atoms with E-state index < -0.39 is 5.97 Å². The number of likely N-dealkylation sites (tertiary alicyclic amines) is 1. The zero-order valence-electron chi connectivity index (χ0n) is 9.71. The predicted molar refractivity (Wildman–Crippen MR) is 69.5 cm³/mol. The molecule has 1 aromatic carbocycles. The Morgan fingerprint density at radius 2 is 2.06 bits per heavy atom. The topological polar surface area (TPSA) is 40.5 Å². The van der Waals surface area contributed by atoms with Gasteiger partial charge in [-0.05, 0) is 24.9 Å². The van der Waals surface area contributed by atoms with Crippen LogP contribution in [0.15, 0.2) is 30.3 Å². The largest absolute Gasteiger partial charge is 0.481 e. The molecule has 1 fully saturated rings. The molecule has 1 N–H and O–H groups in total. The molecule has 0 bridgehead atoms. The molecule has 3 nitrogen and oxygen atoms in total. The molecular weight excluding hydrogens is 238 g/mol. The molecule has 1 unspecified atom stereocenters. The standard InChI is InChI=1S/C13H17NO2.ClH/c15-13(16)8-10-14-9-4-7-12(14)11-5-2-1-3-6-11;/h1-3,5-6,12H,4,7-10H2,(H,15,16);1H. The second-order valence-corrected chi connectivity index (χ2v) is 4.25. The number of nitrogens with zero attached hydrogens (tertiary/aromatic N) is 1. The fraction of sp³-hybridized carbons (Fsp3) is 0.462. The first-order chi connectivity index (χ1) is 7.77. The number of benzene rings is 1. The van der Waals surface area contributed by atoms with Crippen molar-refractivity contribution in [1.82, 2.24) is 4.90 Å². The van der Waals surface area contributed by atoms with Crippen LogP contribution in [-0.2, 0) is 4.79 Å². The lowest BCUT2D eigenvalue weighted by molar-refractivity contribution is -0.137. The smallest absolute Gasteiger partial charge is 0.304 e. The number of halogens is 1. The van der Waals surface area contributed by atoms with E-state index in [4.69, 9.17) is 5.11 Å². The van der Waals surface area contributed by atoms with Gasteiger partial charge in [0.1, 0.15) is 0 Å². The molecule has 1 atom stereocenters. The SMILES string of the molecule is Cl.O=C(O)CCN1CCCC1c1ccccc1. The summed E-state index contributed by atoms with van der Waals surface area (Å²) in [6.45, 7) is 1.68. The summed E-state index contributed by atoms with van der Waals surface area (Å²) in [4.78, 5) is 12.9. The lowest BCUT2D eigenvalue weighted by Crippen LogP contribution is -2.25. The Labute approximate surface area is 108 Å². The highest BCUT2D eigenvalue weighted by atomic mass is 35.5. The second kappa shape index (κ2) is 6.62. The minimum Gasteiger partial charge on any atom is -0.481 e. The number of aliphatic carboxylic acids is 1. The molecule has 0 amide bonds. The Morgan fingerprint density at radius 3 is 2.71 bits per heavy atom. The van der Waals surface area contributed by atoms with Crippen molar-refractivity contribution in [3.8, 4) is 0 Å². The molecule has 1 aliphatic heterocycles. The molecule has 1 heterocycles. The van der Waals surface area contributed by atoms with Gasteiger partial charge in [-0.1, -0.05) is 30.3 Å². The summed E-state index contributed by atoms with van der Waals surface area (Å²) < 4.78 is 0. The van der Waals surface area contributed by atoms with Crippen molar-refractivity contribution < 1.29 is 9.90 Å². The van der Waals surface area contributed by atoms with Gasteiger partial charge in [0.15, 0.2) is 0 Å². The van der Waals surface area contributed by atoms with Crippen molar-refractivity contribution in [2.45, 2.75) is 25.3 Å². The van der Waals surface area contributed by atoms with Crippen LogP contribution in [0.2, 0.25) is 0 Å². The molecule has 1 saturated heterocycles. The van der Waals surface area contributed by atoms with E-state index in [1.165, 1.54) is 12.0 Å². The monoisotopic (exact) mass is 255 g/mol. The average Bonchev–Trinajstić information content (AvgIpc) is 2.75. The Hall–Kier alpha value is -1.06. The summed E-state index contributed by atoms with van der Waals surface area (Å²) in [5.41, 5.74) is 1.31. The molecule has 0 saturated carbocycles. The normalized spacial score (nSPS) is 19.9. The fourth-order valence-electron chi connectivity index (χ4n) is 2.39. The highest BCUT2D eigenvalue weighted by Crippen LogP contribution is 2.31. The van der Waals surface area contributed by atoms with Crippen LogP contribution in [0.4, 0.5) is 0 Å². The van der Waals surface area contributed by atoms with E-state index in [0.29, 0.717) is 12.6 Å². The molecule has 4 heteroatoms. The van der Waals surface area contributed by atoms with Crippen molar-refractivity contribution in [2.24, 2.45) is 0 Å². The van der Waals surface area contributed by atoms with E-state index in [1.54, 1.807) is 0 Å². The number of carboxylic acids is 1. The van der Waals surface area contributed by atoms with Crippen molar-refractivity contribution in [3.05, 3.63) is 35.9 Å². The van der Waals surface area contributed by atoms with Crippen LogP contribution >= 0.6 is 12.4 Å². The summed E-state index contributed by atoms with van der Waals surface area (Å²) in [6.07, 6.45) is 2.55. The van der Waals surface area contributed by atoms with Crippen LogP contribution in [0.3, 0.4) is 0 Å². The fourth-order valence-corrected chi connectivity index (χ4v) is 2.39. The summed E-state index contributed by atoms with van der Waals surface area (Å²) in [6, 6.07) is 10.8. The third-order valence-corrected chi connectivity index (χ3v) is 3.16. The first kappa shape index (κ1) is 14.0. The van der Waals surface area contributed by atoms with Crippen LogP contribution in [0, 0.1) is 0 Å². The van der Waals surface area contributed by atoms with Gasteiger partial charge in [0.05, 0.1) is 6.42 Å².